The van der Waals surface area contributed by atoms with E-state index in [-0.39, 0.29) is 6.04 Å². The van der Waals surface area contributed by atoms with Crippen LogP contribution in [0.4, 0.5) is 0 Å². The minimum atomic E-state index is -0.417. The minimum absolute atomic E-state index is 0.128. The standard InChI is InChI=1S/C20H20N4O/c25-19-16-9-5-4-8-15(16)12-17(19)23-10-11-24-18(13-23)21-22-20(24)14-6-2-1-3-7-14/h1-9,17,19,25H,10-13H2/t17-,19+/m0/s1. The number of nitrogens with zero attached hydrogens (tertiary/aromatic N) is 4. The molecule has 2 atom stereocenters. The van der Waals surface area contributed by atoms with Crippen LogP contribution < -0.4 is 0 Å². The van der Waals surface area contributed by atoms with Crippen molar-refractivity contribution in [2.45, 2.75) is 31.7 Å². The highest BCUT2D eigenvalue weighted by molar-refractivity contribution is 5.55. The molecule has 1 aliphatic carbocycles. The maximum Gasteiger partial charge on any atom is 0.164 e. The van der Waals surface area contributed by atoms with Crippen LogP contribution in [0.1, 0.15) is 23.1 Å². The van der Waals surface area contributed by atoms with E-state index in [2.05, 4.69) is 37.9 Å². The van der Waals surface area contributed by atoms with Crippen molar-refractivity contribution >= 4 is 0 Å². The predicted octanol–water partition coefficient (Wildman–Crippen LogP) is 2.42. The topological polar surface area (TPSA) is 54.2 Å². The van der Waals surface area contributed by atoms with Crippen molar-refractivity contribution < 1.29 is 5.11 Å². The number of benzene rings is 2. The van der Waals surface area contributed by atoms with Crippen LogP contribution in [0.25, 0.3) is 11.4 Å². The average Bonchev–Trinajstić information content (AvgIpc) is 3.24. The molecule has 0 saturated carbocycles. The van der Waals surface area contributed by atoms with Crippen molar-refractivity contribution in [3.8, 4) is 11.4 Å². The smallest absolute Gasteiger partial charge is 0.164 e. The van der Waals surface area contributed by atoms with Gasteiger partial charge in [0.25, 0.3) is 0 Å². The lowest BCUT2D eigenvalue weighted by molar-refractivity contribution is 0.0439. The molecule has 126 valence electrons. The van der Waals surface area contributed by atoms with Gasteiger partial charge in [0.15, 0.2) is 5.82 Å². The molecule has 5 heteroatoms. The second-order valence-electron chi connectivity index (χ2n) is 6.84. The lowest BCUT2D eigenvalue weighted by atomic mass is 10.1. The summed E-state index contributed by atoms with van der Waals surface area (Å²) in [6.07, 6.45) is 0.482. The summed E-state index contributed by atoms with van der Waals surface area (Å²) in [7, 11) is 0. The number of aliphatic hydroxyl groups is 1. The first-order valence-electron chi connectivity index (χ1n) is 8.78. The third-order valence-corrected chi connectivity index (χ3v) is 5.45. The number of hydrogen-bond acceptors (Lipinski definition) is 4. The second-order valence-corrected chi connectivity index (χ2v) is 6.84. The van der Waals surface area contributed by atoms with E-state index >= 15 is 0 Å². The van der Waals surface area contributed by atoms with Gasteiger partial charge in [0.1, 0.15) is 5.82 Å². The van der Waals surface area contributed by atoms with Crippen LogP contribution in [0, 0.1) is 0 Å². The summed E-state index contributed by atoms with van der Waals surface area (Å²) < 4.78 is 2.21. The molecule has 1 aliphatic heterocycles. The molecule has 2 heterocycles. The zero-order valence-corrected chi connectivity index (χ0v) is 13.9. The third-order valence-electron chi connectivity index (χ3n) is 5.45. The number of rotatable bonds is 2. The lowest BCUT2D eigenvalue weighted by Crippen LogP contribution is -2.43. The van der Waals surface area contributed by atoms with E-state index in [1.54, 1.807) is 0 Å². The lowest BCUT2D eigenvalue weighted by Gasteiger charge is -2.34. The van der Waals surface area contributed by atoms with Gasteiger partial charge in [-0.05, 0) is 17.5 Å². The van der Waals surface area contributed by atoms with Gasteiger partial charge in [-0.15, -0.1) is 10.2 Å². The normalized spacial score (nSPS) is 22.6. The zero-order valence-electron chi connectivity index (χ0n) is 13.9. The van der Waals surface area contributed by atoms with E-state index in [9.17, 15) is 5.11 Å². The van der Waals surface area contributed by atoms with Crippen LogP contribution in [0.5, 0.6) is 0 Å². The largest absolute Gasteiger partial charge is 0.387 e. The van der Waals surface area contributed by atoms with E-state index in [1.807, 2.05) is 36.4 Å². The van der Waals surface area contributed by atoms with Crippen LogP contribution in [0.15, 0.2) is 54.6 Å². The van der Waals surface area contributed by atoms with Gasteiger partial charge >= 0.3 is 0 Å². The van der Waals surface area contributed by atoms with Gasteiger partial charge in [0, 0.05) is 24.7 Å². The van der Waals surface area contributed by atoms with E-state index in [0.717, 1.165) is 48.8 Å². The Hall–Kier alpha value is -2.50. The zero-order chi connectivity index (χ0) is 16.8. The van der Waals surface area contributed by atoms with E-state index in [1.165, 1.54) is 5.56 Å². The maximum absolute atomic E-state index is 10.7. The summed E-state index contributed by atoms with van der Waals surface area (Å²) in [6, 6.07) is 18.5. The van der Waals surface area contributed by atoms with E-state index in [4.69, 9.17) is 0 Å². The van der Waals surface area contributed by atoms with Crippen LogP contribution >= 0.6 is 0 Å². The fourth-order valence-electron chi connectivity index (χ4n) is 4.14. The molecule has 2 aromatic carbocycles. The fourth-order valence-corrected chi connectivity index (χ4v) is 4.14. The number of aliphatic hydroxyl groups excluding tert-OH is 1. The first kappa shape index (κ1) is 14.8. The quantitative estimate of drug-likeness (QED) is 0.783. The molecule has 0 fully saturated rings. The molecule has 5 nitrogen and oxygen atoms in total. The molecule has 0 radical (unpaired) electrons. The molecule has 0 saturated heterocycles. The molecule has 0 amide bonds. The highest BCUT2D eigenvalue weighted by Gasteiger charge is 2.37. The van der Waals surface area contributed by atoms with E-state index < -0.39 is 6.10 Å². The van der Waals surface area contributed by atoms with Crippen LogP contribution in [0.3, 0.4) is 0 Å². The van der Waals surface area contributed by atoms with Crippen molar-refractivity contribution in [2.75, 3.05) is 6.54 Å². The molecule has 0 bridgehead atoms. The Bertz CT molecular complexity index is 905. The third kappa shape index (κ3) is 2.39. The maximum atomic E-state index is 10.7. The summed E-state index contributed by atoms with van der Waals surface area (Å²) in [5.41, 5.74) is 3.43. The van der Waals surface area contributed by atoms with Gasteiger partial charge in [0.05, 0.1) is 12.6 Å². The Labute approximate surface area is 146 Å². The van der Waals surface area contributed by atoms with Crippen molar-refractivity contribution in [3.05, 3.63) is 71.5 Å². The Kier molecular flexibility index (Phi) is 3.43. The average molecular weight is 332 g/mol. The van der Waals surface area contributed by atoms with Gasteiger partial charge in [-0.2, -0.15) is 0 Å². The first-order chi connectivity index (χ1) is 12.3. The molecule has 5 rings (SSSR count). The Morgan fingerprint density at radius 2 is 1.72 bits per heavy atom. The number of hydrogen-bond donors (Lipinski definition) is 1. The highest BCUT2D eigenvalue weighted by Crippen LogP contribution is 2.36. The SMILES string of the molecule is O[C@@H]1c2ccccc2C[C@@H]1N1CCn2c(nnc2-c2ccccc2)C1. The van der Waals surface area contributed by atoms with Gasteiger partial charge < -0.3 is 9.67 Å². The Morgan fingerprint density at radius 1 is 0.920 bits per heavy atom. The van der Waals surface area contributed by atoms with Gasteiger partial charge in [-0.1, -0.05) is 54.6 Å². The van der Waals surface area contributed by atoms with Gasteiger partial charge in [0.2, 0.25) is 0 Å². The Morgan fingerprint density at radius 3 is 2.56 bits per heavy atom. The minimum Gasteiger partial charge on any atom is -0.387 e. The van der Waals surface area contributed by atoms with Crippen molar-refractivity contribution in [3.63, 3.8) is 0 Å². The molecule has 1 aromatic heterocycles. The van der Waals surface area contributed by atoms with Gasteiger partial charge in [-0.3, -0.25) is 4.90 Å². The molecule has 1 N–H and O–H groups in total. The molecule has 2 aliphatic rings. The van der Waals surface area contributed by atoms with Gasteiger partial charge in [-0.25, -0.2) is 0 Å². The summed E-state index contributed by atoms with van der Waals surface area (Å²) in [6.45, 7) is 2.49. The highest BCUT2D eigenvalue weighted by atomic mass is 16.3. The predicted molar refractivity (Wildman–Crippen MR) is 94.8 cm³/mol. The summed E-state index contributed by atoms with van der Waals surface area (Å²) in [5.74, 6) is 1.92. The van der Waals surface area contributed by atoms with Crippen LogP contribution in [-0.4, -0.2) is 37.4 Å². The monoisotopic (exact) mass is 332 g/mol. The summed E-state index contributed by atoms with van der Waals surface area (Å²) >= 11 is 0. The van der Waals surface area contributed by atoms with Crippen LogP contribution in [0.2, 0.25) is 0 Å². The molecule has 0 unspecified atom stereocenters. The second kappa shape index (κ2) is 5.79. The fraction of sp³-hybridized carbons (Fsp3) is 0.300. The molecule has 0 spiro atoms. The number of fused-ring (bicyclic) bond motifs is 2. The molecule has 25 heavy (non-hydrogen) atoms. The van der Waals surface area contributed by atoms with Crippen molar-refractivity contribution in [1.29, 1.82) is 0 Å². The van der Waals surface area contributed by atoms with Crippen molar-refractivity contribution in [1.82, 2.24) is 19.7 Å². The molecular formula is C20H20N4O. The van der Waals surface area contributed by atoms with E-state index in [0.29, 0.717) is 0 Å². The first-order valence-corrected chi connectivity index (χ1v) is 8.78. The summed E-state index contributed by atoms with van der Waals surface area (Å²) in [5, 5.41) is 19.6. The Balaban J connectivity index is 1.40. The number of aromatic nitrogens is 3. The molecular weight excluding hydrogens is 312 g/mol. The van der Waals surface area contributed by atoms with Crippen molar-refractivity contribution in [2.24, 2.45) is 0 Å². The molecule has 3 aromatic rings. The van der Waals surface area contributed by atoms with Crippen LogP contribution in [-0.2, 0) is 19.5 Å². The summed E-state index contributed by atoms with van der Waals surface area (Å²) in [4.78, 5) is 2.35.